The van der Waals surface area contributed by atoms with Gasteiger partial charge in [0.15, 0.2) is 0 Å². The molecule has 0 saturated carbocycles. The van der Waals surface area contributed by atoms with Crippen molar-refractivity contribution in [3.63, 3.8) is 0 Å². The van der Waals surface area contributed by atoms with Gasteiger partial charge in [-0.25, -0.2) is 15.0 Å². The summed E-state index contributed by atoms with van der Waals surface area (Å²) in [6.45, 7) is 3.56. The fraction of sp³-hybridized carbons (Fsp3) is 0.250. The number of benzene rings is 1. The van der Waals surface area contributed by atoms with Gasteiger partial charge in [-0.1, -0.05) is 43.7 Å². The van der Waals surface area contributed by atoms with Crippen LogP contribution in [0.15, 0.2) is 61.1 Å². The molecule has 5 nitrogen and oxygen atoms in total. The zero-order valence-corrected chi connectivity index (χ0v) is 14.4. The van der Waals surface area contributed by atoms with Crippen LogP contribution in [0.5, 0.6) is 5.88 Å². The lowest BCUT2D eigenvalue weighted by molar-refractivity contribution is 0.298. The number of aromatic nitrogens is 3. The van der Waals surface area contributed by atoms with Crippen LogP contribution in [-0.4, -0.2) is 21.6 Å². The number of hydrogen-bond donors (Lipinski definition) is 1. The van der Waals surface area contributed by atoms with Gasteiger partial charge in [0.1, 0.15) is 12.1 Å². The van der Waals surface area contributed by atoms with Gasteiger partial charge in [0.05, 0.1) is 12.3 Å². The quantitative estimate of drug-likeness (QED) is 0.621. The van der Waals surface area contributed by atoms with E-state index in [1.165, 1.54) is 5.56 Å². The maximum Gasteiger partial charge on any atom is 0.213 e. The molecule has 0 fully saturated rings. The number of nitrogens with zero attached hydrogens (tertiary/aromatic N) is 3. The Morgan fingerprint density at radius 1 is 1.00 bits per heavy atom. The summed E-state index contributed by atoms with van der Waals surface area (Å²) in [6, 6.07) is 16.0. The van der Waals surface area contributed by atoms with Crippen molar-refractivity contribution in [2.75, 3.05) is 11.9 Å². The second kappa shape index (κ2) is 8.78. The van der Waals surface area contributed by atoms with E-state index in [1.807, 2.05) is 36.4 Å². The second-order valence-corrected chi connectivity index (χ2v) is 5.71. The standard InChI is InChI=1S/C20H22N4O/c1-2-3-11-25-20-10-9-17(14-22-20)18-12-19(24-15-23-18)21-13-16-7-5-4-6-8-16/h4-10,12,14-15H,2-3,11,13H2,1H3,(H,21,23,24). The van der Waals surface area contributed by atoms with Crippen molar-refractivity contribution in [3.05, 3.63) is 66.6 Å². The lowest BCUT2D eigenvalue weighted by Gasteiger charge is -2.08. The molecule has 2 aromatic heterocycles. The van der Waals surface area contributed by atoms with Gasteiger partial charge < -0.3 is 10.1 Å². The Labute approximate surface area is 148 Å². The van der Waals surface area contributed by atoms with E-state index in [2.05, 4.69) is 39.3 Å². The lowest BCUT2D eigenvalue weighted by atomic mass is 10.2. The minimum atomic E-state index is 0.647. The highest BCUT2D eigenvalue weighted by Crippen LogP contribution is 2.20. The van der Waals surface area contributed by atoms with Crippen molar-refractivity contribution in [2.24, 2.45) is 0 Å². The van der Waals surface area contributed by atoms with Gasteiger partial charge >= 0.3 is 0 Å². The summed E-state index contributed by atoms with van der Waals surface area (Å²) in [5, 5.41) is 3.32. The Bertz CT molecular complexity index is 775. The first-order chi connectivity index (χ1) is 12.3. The Kier molecular flexibility index (Phi) is 5.93. The van der Waals surface area contributed by atoms with E-state index in [9.17, 15) is 0 Å². The van der Waals surface area contributed by atoms with Gasteiger partial charge in [-0.15, -0.1) is 0 Å². The van der Waals surface area contributed by atoms with Crippen molar-refractivity contribution in [1.82, 2.24) is 15.0 Å². The molecule has 2 heterocycles. The molecule has 0 aliphatic rings. The third kappa shape index (κ3) is 5.01. The highest BCUT2D eigenvalue weighted by Gasteiger charge is 2.04. The predicted octanol–water partition coefficient (Wildman–Crippen LogP) is 4.33. The molecule has 1 N–H and O–H groups in total. The van der Waals surface area contributed by atoms with E-state index in [1.54, 1.807) is 12.5 Å². The van der Waals surface area contributed by atoms with Crippen molar-refractivity contribution < 1.29 is 4.74 Å². The number of anilines is 1. The summed E-state index contributed by atoms with van der Waals surface area (Å²) < 4.78 is 5.59. The maximum absolute atomic E-state index is 5.59. The number of nitrogens with one attached hydrogen (secondary N) is 1. The zero-order valence-electron chi connectivity index (χ0n) is 14.4. The molecule has 0 spiro atoms. The molecule has 1 aromatic carbocycles. The maximum atomic E-state index is 5.59. The van der Waals surface area contributed by atoms with Gasteiger partial charge in [-0.3, -0.25) is 0 Å². The summed E-state index contributed by atoms with van der Waals surface area (Å²) in [5.41, 5.74) is 2.98. The molecule has 128 valence electrons. The molecule has 0 radical (unpaired) electrons. The van der Waals surface area contributed by atoms with Gasteiger partial charge in [0.2, 0.25) is 5.88 Å². The van der Waals surface area contributed by atoms with E-state index in [0.717, 1.165) is 36.5 Å². The van der Waals surface area contributed by atoms with Crippen LogP contribution < -0.4 is 10.1 Å². The summed E-state index contributed by atoms with van der Waals surface area (Å²) in [5.74, 6) is 1.44. The smallest absolute Gasteiger partial charge is 0.213 e. The number of unbranched alkanes of at least 4 members (excludes halogenated alkanes) is 1. The molecule has 0 aliphatic carbocycles. The summed E-state index contributed by atoms with van der Waals surface area (Å²) in [7, 11) is 0. The molecule has 0 amide bonds. The van der Waals surface area contributed by atoms with Crippen LogP contribution in [0.1, 0.15) is 25.3 Å². The first kappa shape index (κ1) is 16.9. The number of pyridine rings is 1. The molecule has 5 heteroatoms. The SMILES string of the molecule is CCCCOc1ccc(-c2cc(NCc3ccccc3)ncn2)cn1. The normalized spacial score (nSPS) is 10.4. The minimum Gasteiger partial charge on any atom is -0.478 e. The van der Waals surface area contributed by atoms with Crippen LogP contribution in [0.25, 0.3) is 11.3 Å². The monoisotopic (exact) mass is 334 g/mol. The van der Waals surface area contributed by atoms with Crippen molar-refractivity contribution in [1.29, 1.82) is 0 Å². The van der Waals surface area contributed by atoms with Gasteiger partial charge in [0.25, 0.3) is 0 Å². The Morgan fingerprint density at radius 2 is 1.88 bits per heavy atom. The number of rotatable bonds is 8. The Morgan fingerprint density at radius 3 is 2.64 bits per heavy atom. The van der Waals surface area contributed by atoms with E-state index in [4.69, 9.17) is 4.74 Å². The molecule has 0 unspecified atom stereocenters. The highest BCUT2D eigenvalue weighted by molar-refractivity contribution is 5.61. The molecule has 0 bridgehead atoms. The molecular formula is C20H22N4O. The largest absolute Gasteiger partial charge is 0.478 e. The van der Waals surface area contributed by atoms with E-state index >= 15 is 0 Å². The molecule has 3 aromatic rings. The van der Waals surface area contributed by atoms with E-state index in [0.29, 0.717) is 12.5 Å². The average Bonchev–Trinajstić information content (AvgIpc) is 2.68. The van der Waals surface area contributed by atoms with Crippen LogP contribution in [0.2, 0.25) is 0 Å². The van der Waals surface area contributed by atoms with Gasteiger partial charge in [-0.05, 0) is 18.1 Å². The van der Waals surface area contributed by atoms with Crippen molar-refractivity contribution in [2.45, 2.75) is 26.3 Å². The summed E-state index contributed by atoms with van der Waals surface area (Å²) in [4.78, 5) is 13.0. The van der Waals surface area contributed by atoms with Crippen LogP contribution in [0.4, 0.5) is 5.82 Å². The van der Waals surface area contributed by atoms with Crippen LogP contribution >= 0.6 is 0 Å². The fourth-order valence-electron chi connectivity index (χ4n) is 2.34. The first-order valence-corrected chi connectivity index (χ1v) is 8.54. The summed E-state index contributed by atoms with van der Waals surface area (Å²) >= 11 is 0. The zero-order chi connectivity index (χ0) is 17.3. The Hall–Kier alpha value is -2.95. The second-order valence-electron chi connectivity index (χ2n) is 5.71. The summed E-state index contributed by atoms with van der Waals surface area (Å²) in [6.07, 6.45) is 5.49. The number of hydrogen-bond acceptors (Lipinski definition) is 5. The van der Waals surface area contributed by atoms with Gasteiger partial charge in [0, 0.05) is 30.4 Å². The van der Waals surface area contributed by atoms with Crippen molar-refractivity contribution >= 4 is 5.82 Å². The molecule has 25 heavy (non-hydrogen) atoms. The molecule has 3 rings (SSSR count). The van der Waals surface area contributed by atoms with Gasteiger partial charge in [-0.2, -0.15) is 0 Å². The predicted molar refractivity (Wildman–Crippen MR) is 99.4 cm³/mol. The molecular weight excluding hydrogens is 312 g/mol. The minimum absolute atomic E-state index is 0.647. The van der Waals surface area contributed by atoms with Crippen LogP contribution in [0.3, 0.4) is 0 Å². The molecule has 0 saturated heterocycles. The molecule has 0 aliphatic heterocycles. The lowest BCUT2D eigenvalue weighted by Crippen LogP contribution is -2.02. The first-order valence-electron chi connectivity index (χ1n) is 8.54. The van der Waals surface area contributed by atoms with E-state index < -0.39 is 0 Å². The molecule has 0 atom stereocenters. The van der Waals surface area contributed by atoms with Crippen molar-refractivity contribution in [3.8, 4) is 17.1 Å². The third-order valence-corrected chi connectivity index (χ3v) is 3.76. The van der Waals surface area contributed by atoms with Crippen LogP contribution in [0, 0.1) is 0 Å². The number of ether oxygens (including phenoxy) is 1. The van der Waals surface area contributed by atoms with E-state index in [-0.39, 0.29) is 0 Å². The fourth-order valence-corrected chi connectivity index (χ4v) is 2.34. The highest BCUT2D eigenvalue weighted by atomic mass is 16.5. The average molecular weight is 334 g/mol. The topological polar surface area (TPSA) is 59.9 Å². The Balaban J connectivity index is 1.64. The van der Waals surface area contributed by atoms with Crippen LogP contribution in [-0.2, 0) is 6.54 Å². The third-order valence-electron chi connectivity index (χ3n) is 3.76.